The third-order valence-corrected chi connectivity index (χ3v) is 4.48. The highest BCUT2D eigenvalue weighted by atomic mass is 32.1. The Morgan fingerprint density at radius 3 is 2.77 bits per heavy atom. The molecule has 0 amide bonds. The molecule has 0 saturated carbocycles. The summed E-state index contributed by atoms with van der Waals surface area (Å²) in [4.78, 5) is 7.79. The van der Waals surface area contributed by atoms with Crippen molar-refractivity contribution in [3.05, 3.63) is 52.7 Å². The molecule has 114 valence electrons. The van der Waals surface area contributed by atoms with Crippen molar-refractivity contribution in [2.75, 3.05) is 11.4 Å². The van der Waals surface area contributed by atoms with Crippen LogP contribution in [0.5, 0.6) is 0 Å². The van der Waals surface area contributed by atoms with Crippen LogP contribution in [0.25, 0.3) is 10.7 Å². The van der Waals surface area contributed by atoms with Gasteiger partial charge in [0, 0.05) is 12.2 Å². The zero-order chi connectivity index (χ0) is 15.5. The lowest BCUT2D eigenvalue weighted by Crippen LogP contribution is -2.23. The Hall–Kier alpha value is -2.14. The fraction of sp³-hybridized carbons (Fsp3) is 0.294. The van der Waals surface area contributed by atoms with Gasteiger partial charge >= 0.3 is 0 Å². The molecule has 5 heteroatoms. The highest BCUT2D eigenvalue weighted by Crippen LogP contribution is 2.24. The maximum atomic E-state index is 5.41. The minimum atomic E-state index is 0.624. The van der Waals surface area contributed by atoms with E-state index in [1.807, 2.05) is 17.5 Å². The molecule has 0 radical (unpaired) electrons. The van der Waals surface area contributed by atoms with Crippen LogP contribution < -0.4 is 4.90 Å². The lowest BCUT2D eigenvalue weighted by molar-refractivity contribution is 0.377. The number of anilines is 1. The van der Waals surface area contributed by atoms with Crippen molar-refractivity contribution >= 4 is 17.0 Å². The van der Waals surface area contributed by atoms with E-state index in [9.17, 15) is 0 Å². The van der Waals surface area contributed by atoms with Crippen LogP contribution in [0, 0.1) is 13.8 Å². The summed E-state index contributed by atoms with van der Waals surface area (Å²) in [7, 11) is 0. The predicted octanol–water partition coefficient (Wildman–Crippen LogP) is 4.44. The SMILES string of the molecule is CCN(Cc1nc(-c2cccs2)no1)c1ccc(C)cc1C. The predicted molar refractivity (Wildman–Crippen MR) is 90.3 cm³/mol. The van der Waals surface area contributed by atoms with Gasteiger partial charge in [0.15, 0.2) is 0 Å². The number of benzene rings is 1. The second kappa shape index (κ2) is 6.32. The van der Waals surface area contributed by atoms with Crippen LogP contribution in [0.15, 0.2) is 40.2 Å². The van der Waals surface area contributed by atoms with Crippen LogP contribution in [0.2, 0.25) is 0 Å². The van der Waals surface area contributed by atoms with Crippen molar-refractivity contribution in [3.63, 3.8) is 0 Å². The molecular formula is C17H19N3OS. The van der Waals surface area contributed by atoms with E-state index in [0.717, 1.165) is 11.4 Å². The molecule has 0 bridgehead atoms. The monoisotopic (exact) mass is 313 g/mol. The van der Waals surface area contributed by atoms with Gasteiger partial charge in [-0.05, 0) is 43.8 Å². The van der Waals surface area contributed by atoms with Crippen LogP contribution in [-0.4, -0.2) is 16.7 Å². The van der Waals surface area contributed by atoms with E-state index in [-0.39, 0.29) is 0 Å². The van der Waals surface area contributed by atoms with Gasteiger partial charge in [0.25, 0.3) is 0 Å². The first-order chi connectivity index (χ1) is 10.7. The average Bonchev–Trinajstić information content (AvgIpc) is 3.16. The van der Waals surface area contributed by atoms with Crippen molar-refractivity contribution in [1.29, 1.82) is 0 Å². The standard InChI is InChI=1S/C17H19N3OS/c1-4-20(14-8-7-12(2)10-13(14)3)11-16-18-17(19-21-16)15-6-5-9-22-15/h5-10H,4,11H2,1-3H3. The van der Waals surface area contributed by atoms with E-state index < -0.39 is 0 Å². The zero-order valence-corrected chi connectivity index (χ0v) is 13.9. The molecule has 2 heterocycles. The van der Waals surface area contributed by atoms with E-state index in [2.05, 4.69) is 54.0 Å². The number of hydrogen-bond acceptors (Lipinski definition) is 5. The van der Waals surface area contributed by atoms with Gasteiger partial charge < -0.3 is 9.42 Å². The quantitative estimate of drug-likeness (QED) is 0.698. The molecule has 0 atom stereocenters. The van der Waals surface area contributed by atoms with E-state index >= 15 is 0 Å². The molecular weight excluding hydrogens is 294 g/mol. The summed E-state index contributed by atoms with van der Waals surface area (Å²) in [6, 6.07) is 10.5. The molecule has 2 aromatic heterocycles. The number of aromatic nitrogens is 2. The van der Waals surface area contributed by atoms with E-state index in [1.54, 1.807) is 11.3 Å². The van der Waals surface area contributed by atoms with E-state index in [0.29, 0.717) is 18.3 Å². The van der Waals surface area contributed by atoms with Gasteiger partial charge in [0.1, 0.15) is 0 Å². The first-order valence-corrected chi connectivity index (χ1v) is 8.24. The summed E-state index contributed by atoms with van der Waals surface area (Å²) in [5.74, 6) is 1.31. The molecule has 3 aromatic rings. The Kier molecular flexibility index (Phi) is 4.24. The van der Waals surface area contributed by atoms with E-state index in [1.165, 1.54) is 16.8 Å². The minimum Gasteiger partial charge on any atom is -0.362 e. The Labute approximate surface area is 134 Å². The maximum Gasteiger partial charge on any atom is 0.246 e. The van der Waals surface area contributed by atoms with Gasteiger partial charge in [-0.15, -0.1) is 11.3 Å². The largest absolute Gasteiger partial charge is 0.362 e. The lowest BCUT2D eigenvalue weighted by Gasteiger charge is -2.23. The molecule has 0 saturated heterocycles. The summed E-state index contributed by atoms with van der Waals surface area (Å²) in [6.45, 7) is 7.89. The van der Waals surface area contributed by atoms with Crippen LogP contribution >= 0.6 is 11.3 Å². The smallest absolute Gasteiger partial charge is 0.246 e. The summed E-state index contributed by atoms with van der Waals surface area (Å²) >= 11 is 1.62. The summed E-state index contributed by atoms with van der Waals surface area (Å²) < 4.78 is 5.41. The molecule has 0 unspecified atom stereocenters. The highest BCUT2D eigenvalue weighted by Gasteiger charge is 2.14. The molecule has 22 heavy (non-hydrogen) atoms. The van der Waals surface area contributed by atoms with Gasteiger partial charge in [-0.2, -0.15) is 4.98 Å². The summed E-state index contributed by atoms with van der Waals surface area (Å²) in [6.07, 6.45) is 0. The van der Waals surface area contributed by atoms with Gasteiger partial charge in [-0.1, -0.05) is 28.9 Å². The second-order valence-corrected chi connectivity index (χ2v) is 6.24. The van der Waals surface area contributed by atoms with Gasteiger partial charge in [-0.25, -0.2) is 0 Å². The van der Waals surface area contributed by atoms with E-state index in [4.69, 9.17) is 4.52 Å². The Bertz CT molecular complexity index is 749. The molecule has 4 nitrogen and oxygen atoms in total. The first kappa shape index (κ1) is 14.8. The molecule has 0 N–H and O–H groups in total. The Morgan fingerprint density at radius 1 is 1.23 bits per heavy atom. The zero-order valence-electron chi connectivity index (χ0n) is 13.0. The van der Waals surface area contributed by atoms with Crippen molar-refractivity contribution in [1.82, 2.24) is 10.1 Å². The third kappa shape index (κ3) is 3.04. The molecule has 0 spiro atoms. The first-order valence-electron chi connectivity index (χ1n) is 7.36. The van der Waals surface area contributed by atoms with Crippen LogP contribution in [0.4, 0.5) is 5.69 Å². The van der Waals surface area contributed by atoms with Crippen molar-refractivity contribution in [3.8, 4) is 10.7 Å². The molecule has 3 rings (SSSR count). The number of aryl methyl sites for hydroxylation is 2. The topological polar surface area (TPSA) is 42.2 Å². The highest BCUT2D eigenvalue weighted by molar-refractivity contribution is 7.13. The fourth-order valence-electron chi connectivity index (χ4n) is 2.52. The third-order valence-electron chi connectivity index (χ3n) is 3.61. The van der Waals surface area contributed by atoms with Crippen molar-refractivity contribution < 1.29 is 4.52 Å². The average molecular weight is 313 g/mol. The van der Waals surface area contributed by atoms with Gasteiger partial charge in [-0.3, -0.25) is 0 Å². The summed E-state index contributed by atoms with van der Waals surface area (Å²) in [5.41, 5.74) is 3.75. The number of hydrogen-bond donors (Lipinski definition) is 0. The number of rotatable bonds is 5. The molecule has 0 fully saturated rings. The van der Waals surface area contributed by atoms with Crippen molar-refractivity contribution in [2.45, 2.75) is 27.3 Å². The molecule has 0 aliphatic rings. The number of nitrogens with zero attached hydrogens (tertiary/aromatic N) is 3. The summed E-state index contributed by atoms with van der Waals surface area (Å²) in [5, 5.41) is 6.09. The number of thiophene rings is 1. The second-order valence-electron chi connectivity index (χ2n) is 5.29. The molecule has 1 aromatic carbocycles. The van der Waals surface area contributed by atoms with Gasteiger partial charge in [0.2, 0.25) is 11.7 Å². The minimum absolute atomic E-state index is 0.624. The van der Waals surface area contributed by atoms with Crippen LogP contribution in [-0.2, 0) is 6.54 Å². The maximum absolute atomic E-state index is 5.41. The van der Waals surface area contributed by atoms with Crippen LogP contribution in [0.3, 0.4) is 0 Å². The lowest BCUT2D eigenvalue weighted by atomic mass is 10.1. The Morgan fingerprint density at radius 2 is 2.09 bits per heavy atom. The fourth-order valence-corrected chi connectivity index (χ4v) is 3.16. The normalized spacial score (nSPS) is 10.9. The Balaban J connectivity index is 1.81. The van der Waals surface area contributed by atoms with Crippen LogP contribution in [0.1, 0.15) is 23.9 Å². The molecule has 0 aliphatic heterocycles. The van der Waals surface area contributed by atoms with Gasteiger partial charge in [0.05, 0.1) is 11.4 Å². The molecule has 0 aliphatic carbocycles. The van der Waals surface area contributed by atoms with Crippen molar-refractivity contribution in [2.24, 2.45) is 0 Å².